The first-order valence-electron chi connectivity index (χ1n) is 9.84. The molecule has 2 heterocycles. The van der Waals surface area contributed by atoms with Crippen LogP contribution >= 0.6 is 0 Å². The van der Waals surface area contributed by atoms with Gasteiger partial charge in [-0.05, 0) is 42.3 Å². The van der Waals surface area contributed by atoms with Crippen molar-refractivity contribution in [1.82, 2.24) is 4.57 Å². The average Bonchev–Trinajstić information content (AvgIpc) is 3.25. The van der Waals surface area contributed by atoms with Crippen molar-refractivity contribution in [2.24, 2.45) is 0 Å². The molecule has 0 aliphatic carbocycles. The molecule has 1 aliphatic rings. The Labute approximate surface area is 180 Å². The fourth-order valence-electron chi connectivity index (χ4n) is 4.22. The standard InChI is InChI=1S/C22H20F4N2O4/c23-11-32-18-4-1-12(7-16(18)22(24,25)26)10-31-14-2-3-17-15(9-14)20(27)21-13(8-19(29)30)5-6-28(17)21/h1-4,7,9,13H,5-6,8,10-11,27H2,(H,29,30). The number of carboxylic acid groups (broad SMARTS) is 1. The molecular formula is C22H20F4N2O4. The predicted octanol–water partition coefficient (Wildman–Crippen LogP) is 5.09. The molecule has 0 fully saturated rings. The first kappa shape index (κ1) is 21.8. The van der Waals surface area contributed by atoms with Gasteiger partial charge in [0.2, 0.25) is 6.86 Å². The number of anilines is 1. The smallest absolute Gasteiger partial charge is 0.419 e. The van der Waals surface area contributed by atoms with Gasteiger partial charge in [-0.2, -0.15) is 13.2 Å². The van der Waals surface area contributed by atoms with Crippen LogP contribution in [0.5, 0.6) is 11.5 Å². The van der Waals surface area contributed by atoms with E-state index < -0.39 is 30.3 Å². The Kier molecular flexibility index (Phi) is 5.62. The van der Waals surface area contributed by atoms with Crippen LogP contribution in [0.25, 0.3) is 10.9 Å². The summed E-state index contributed by atoms with van der Waals surface area (Å²) in [5.74, 6) is -1.24. The second kappa shape index (κ2) is 8.25. The largest absolute Gasteiger partial charge is 0.489 e. The Morgan fingerprint density at radius 3 is 2.66 bits per heavy atom. The third-order valence-corrected chi connectivity index (χ3v) is 5.59. The molecule has 0 bridgehead atoms. The van der Waals surface area contributed by atoms with Crippen LogP contribution in [-0.2, 0) is 24.1 Å². The molecule has 32 heavy (non-hydrogen) atoms. The van der Waals surface area contributed by atoms with Gasteiger partial charge in [0.25, 0.3) is 0 Å². The minimum atomic E-state index is -4.70. The highest BCUT2D eigenvalue weighted by atomic mass is 19.4. The Balaban J connectivity index is 1.57. The van der Waals surface area contributed by atoms with Crippen molar-refractivity contribution in [2.75, 3.05) is 12.6 Å². The Bertz CT molecular complexity index is 1170. The van der Waals surface area contributed by atoms with E-state index in [0.29, 0.717) is 29.8 Å². The highest BCUT2D eigenvalue weighted by Crippen LogP contribution is 2.43. The Morgan fingerprint density at radius 2 is 1.97 bits per heavy atom. The lowest BCUT2D eigenvalue weighted by molar-refractivity contribution is -0.139. The number of hydrogen-bond acceptors (Lipinski definition) is 4. The van der Waals surface area contributed by atoms with Crippen molar-refractivity contribution in [1.29, 1.82) is 0 Å². The summed E-state index contributed by atoms with van der Waals surface area (Å²) < 4.78 is 64.2. The molecular weight excluding hydrogens is 432 g/mol. The molecule has 3 N–H and O–H groups in total. The number of aryl methyl sites for hydroxylation is 1. The van der Waals surface area contributed by atoms with Crippen molar-refractivity contribution in [3.63, 3.8) is 0 Å². The van der Waals surface area contributed by atoms with Crippen LogP contribution in [0.2, 0.25) is 0 Å². The minimum Gasteiger partial charge on any atom is -0.489 e. The number of carboxylic acids is 1. The third kappa shape index (κ3) is 4.04. The van der Waals surface area contributed by atoms with Gasteiger partial charge in [0.05, 0.1) is 23.2 Å². The fourth-order valence-corrected chi connectivity index (χ4v) is 4.22. The Hall–Kier alpha value is -3.43. The molecule has 1 atom stereocenters. The van der Waals surface area contributed by atoms with Crippen molar-refractivity contribution >= 4 is 22.6 Å². The van der Waals surface area contributed by atoms with E-state index in [2.05, 4.69) is 4.74 Å². The van der Waals surface area contributed by atoms with E-state index in [1.807, 2.05) is 4.57 Å². The zero-order valence-corrected chi connectivity index (χ0v) is 16.8. The van der Waals surface area contributed by atoms with Gasteiger partial charge >= 0.3 is 12.1 Å². The molecule has 0 radical (unpaired) electrons. The first-order valence-corrected chi connectivity index (χ1v) is 9.84. The van der Waals surface area contributed by atoms with Crippen LogP contribution in [0.4, 0.5) is 23.2 Å². The number of carbonyl (C=O) groups is 1. The summed E-state index contributed by atoms with van der Waals surface area (Å²) in [4.78, 5) is 11.1. The number of nitrogens with two attached hydrogens (primary N) is 1. The van der Waals surface area contributed by atoms with Gasteiger partial charge in [0.15, 0.2) is 0 Å². The number of benzene rings is 2. The number of nitrogens with zero attached hydrogens (tertiary/aromatic N) is 1. The number of hydrogen-bond donors (Lipinski definition) is 2. The average molecular weight is 452 g/mol. The molecule has 0 spiro atoms. The molecule has 1 aromatic heterocycles. The molecule has 170 valence electrons. The summed E-state index contributed by atoms with van der Waals surface area (Å²) in [6.45, 7) is -0.858. The van der Waals surface area contributed by atoms with E-state index in [1.54, 1.807) is 18.2 Å². The molecule has 3 aromatic rings. The van der Waals surface area contributed by atoms with E-state index in [4.69, 9.17) is 15.6 Å². The monoisotopic (exact) mass is 452 g/mol. The topological polar surface area (TPSA) is 86.7 Å². The van der Waals surface area contributed by atoms with Gasteiger partial charge in [0.1, 0.15) is 18.1 Å². The third-order valence-electron chi connectivity index (χ3n) is 5.59. The molecule has 4 rings (SSSR count). The quantitative estimate of drug-likeness (QED) is 0.488. The SMILES string of the molecule is Nc1c2n(c3ccc(OCc4ccc(OCF)c(C(F)(F)F)c4)cc13)CCC2CC(=O)O. The molecule has 1 unspecified atom stereocenters. The van der Waals surface area contributed by atoms with Gasteiger partial charge in [0, 0.05) is 23.5 Å². The molecule has 1 aliphatic heterocycles. The van der Waals surface area contributed by atoms with Gasteiger partial charge < -0.3 is 24.9 Å². The van der Waals surface area contributed by atoms with Crippen molar-refractivity contribution in [3.05, 3.63) is 53.2 Å². The maximum absolute atomic E-state index is 13.2. The summed E-state index contributed by atoms with van der Waals surface area (Å²) in [5, 5.41) is 9.84. The molecule has 0 saturated carbocycles. The van der Waals surface area contributed by atoms with Crippen molar-refractivity contribution in [3.8, 4) is 11.5 Å². The van der Waals surface area contributed by atoms with Crippen molar-refractivity contribution < 1.29 is 36.9 Å². The van der Waals surface area contributed by atoms with Gasteiger partial charge in [-0.3, -0.25) is 4.79 Å². The number of aromatic nitrogens is 1. The molecule has 2 aromatic carbocycles. The molecule has 10 heteroatoms. The lowest BCUT2D eigenvalue weighted by Gasteiger charge is -2.14. The lowest BCUT2D eigenvalue weighted by atomic mass is 9.99. The zero-order chi connectivity index (χ0) is 23.0. The zero-order valence-electron chi connectivity index (χ0n) is 16.8. The van der Waals surface area contributed by atoms with E-state index in [1.165, 1.54) is 6.07 Å². The number of aliphatic carboxylic acids is 1. The summed E-state index contributed by atoms with van der Waals surface area (Å²) >= 11 is 0. The van der Waals surface area contributed by atoms with Crippen LogP contribution in [-0.4, -0.2) is 22.5 Å². The van der Waals surface area contributed by atoms with E-state index in [9.17, 15) is 22.4 Å². The molecule has 6 nitrogen and oxygen atoms in total. The van der Waals surface area contributed by atoms with Crippen LogP contribution in [0, 0.1) is 0 Å². The number of halogens is 4. The van der Waals surface area contributed by atoms with E-state index >= 15 is 0 Å². The fraction of sp³-hybridized carbons (Fsp3) is 0.318. The van der Waals surface area contributed by atoms with Crippen LogP contribution in [0.1, 0.15) is 35.6 Å². The predicted molar refractivity (Wildman–Crippen MR) is 108 cm³/mol. The van der Waals surface area contributed by atoms with Gasteiger partial charge in [-0.1, -0.05) is 6.07 Å². The van der Waals surface area contributed by atoms with Crippen LogP contribution in [0.15, 0.2) is 36.4 Å². The summed E-state index contributed by atoms with van der Waals surface area (Å²) in [6.07, 6.45) is -4.01. The highest BCUT2D eigenvalue weighted by molar-refractivity contribution is 5.95. The number of ether oxygens (including phenoxy) is 2. The summed E-state index contributed by atoms with van der Waals surface area (Å²) in [7, 11) is 0. The second-order valence-electron chi connectivity index (χ2n) is 7.58. The van der Waals surface area contributed by atoms with Crippen molar-refractivity contribution in [2.45, 2.75) is 38.1 Å². The highest BCUT2D eigenvalue weighted by Gasteiger charge is 2.35. The van der Waals surface area contributed by atoms with Gasteiger partial charge in [-0.25, -0.2) is 4.39 Å². The van der Waals surface area contributed by atoms with Gasteiger partial charge in [-0.15, -0.1) is 0 Å². The normalized spacial score (nSPS) is 15.7. The van der Waals surface area contributed by atoms with Crippen LogP contribution < -0.4 is 15.2 Å². The second-order valence-corrected chi connectivity index (χ2v) is 7.58. The molecule has 0 amide bonds. The number of fused-ring (bicyclic) bond motifs is 3. The summed E-state index contributed by atoms with van der Waals surface area (Å²) in [5.41, 5.74) is 7.59. The Morgan fingerprint density at radius 1 is 1.19 bits per heavy atom. The number of nitrogen functional groups attached to an aromatic ring is 1. The summed E-state index contributed by atoms with van der Waals surface area (Å²) in [6, 6.07) is 8.47. The minimum absolute atomic E-state index is 0.00642. The van der Waals surface area contributed by atoms with E-state index in [0.717, 1.165) is 23.3 Å². The molecule has 0 saturated heterocycles. The van der Waals surface area contributed by atoms with Crippen LogP contribution in [0.3, 0.4) is 0 Å². The lowest BCUT2D eigenvalue weighted by Crippen LogP contribution is -2.10. The number of alkyl halides is 4. The maximum Gasteiger partial charge on any atom is 0.419 e. The maximum atomic E-state index is 13.2. The first-order chi connectivity index (χ1) is 15.2. The van der Waals surface area contributed by atoms with E-state index in [-0.39, 0.29) is 24.5 Å². The number of rotatable bonds is 7.